The molecule has 0 radical (unpaired) electrons. The molecule has 4 heteroatoms. The van der Waals surface area contributed by atoms with Crippen molar-refractivity contribution in [2.75, 3.05) is 11.9 Å². The molecule has 4 nitrogen and oxygen atoms in total. The Kier molecular flexibility index (Phi) is 5.75. The first-order valence-electron chi connectivity index (χ1n) is 7.90. The molecule has 0 amide bonds. The summed E-state index contributed by atoms with van der Waals surface area (Å²) in [7, 11) is 0. The maximum atomic E-state index is 5.75. The van der Waals surface area contributed by atoms with Crippen LogP contribution in [-0.4, -0.2) is 16.6 Å². The van der Waals surface area contributed by atoms with Crippen LogP contribution >= 0.6 is 0 Å². The van der Waals surface area contributed by atoms with E-state index in [1.165, 1.54) is 5.56 Å². The molecule has 1 aromatic carbocycles. The number of aromatic nitrogens is 2. The first-order chi connectivity index (χ1) is 10.6. The monoisotopic (exact) mass is 299 g/mol. The lowest BCUT2D eigenvalue weighted by molar-refractivity contribution is 0.260. The van der Waals surface area contributed by atoms with Crippen molar-refractivity contribution in [1.82, 2.24) is 9.97 Å². The van der Waals surface area contributed by atoms with Crippen LogP contribution in [0.5, 0.6) is 5.88 Å². The lowest BCUT2D eigenvalue weighted by Crippen LogP contribution is -2.11. The van der Waals surface area contributed by atoms with Crippen LogP contribution in [0.4, 0.5) is 5.82 Å². The van der Waals surface area contributed by atoms with Gasteiger partial charge in [-0.2, -0.15) is 4.98 Å². The van der Waals surface area contributed by atoms with Crippen molar-refractivity contribution >= 4 is 5.82 Å². The number of rotatable bonds is 7. The molecule has 0 saturated heterocycles. The number of benzene rings is 1. The number of hydrogen-bond acceptors (Lipinski definition) is 4. The summed E-state index contributed by atoms with van der Waals surface area (Å²) < 4.78 is 5.75. The highest BCUT2D eigenvalue weighted by Gasteiger charge is 2.09. The van der Waals surface area contributed by atoms with E-state index < -0.39 is 0 Å². The summed E-state index contributed by atoms with van der Waals surface area (Å²) >= 11 is 0. The average Bonchev–Trinajstić information content (AvgIpc) is 2.53. The Balaban J connectivity index is 2.13. The van der Waals surface area contributed by atoms with Gasteiger partial charge in [0.2, 0.25) is 5.88 Å². The van der Waals surface area contributed by atoms with Gasteiger partial charge in [0, 0.05) is 18.5 Å². The average molecular weight is 299 g/mol. The molecule has 1 atom stereocenters. The van der Waals surface area contributed by atoms with E-state index >= 15 is 0 Å². The molecule has 1 heterocycles. The summed E-state index contributed by atoms with van der Waals surface area (Å²) in [5, 5.41) is 3.43. The molecule has 2 aromatic rings. The van der Waals surface area contributed by atoms with Crippen LogP contribution in [0, 0.1) is 5.92 Å². The molecular formula is C18H25N3O. The van der Waals surface area contributed by atoms with Crippen molar-refractivity contribution in [3.05, 3.63) is 47.8 Å². The Morgan fingerprint density at radius 1 is 1.09 bits per heavy atom. The van der Waals surface area contributed by atoms with Gasteiger partial charge in [0.25, 0.3) is 0 Å². The Morgan fingerprint density at radius 2 is 1.82 bits per heavy atom. The number of aryl methyl sites for hydroxylation is 1. The van der Waals surface area contributed by atoms with Gasteiger partial charge in [-0.25, -0.2) is 4.98 Å². The van der Waals surface area contributed by atoms with E-state index in [2.05, 4.69) is 48.2 Å². The van der Waals surface area contributed by atoms with Crippen LogP contribution in [0.15, 0.2) is 36.4 Å². The van der Waals surface area contributed by atoms with E-state index in [-0.39, 0.29) is 6.04 Å². The Labute approximate surface area is 133 Å². The zero-order valence-electron chi connectivity index (χ0n) is 13.8. The topological polar surface area (TPSA) is 47.0 Å². The highest BCUT2D eigenvalue weighted by Crippen LogP contribution is 2.21. The zero-order valence-corrected chi connectivity index (χ0v) is 13.8. The molecule has 0 bridgehead atoms. The summed E-state index contributed by atoms with van der Waals surface area (Å²) in [5.74, 6) is 2.72. The quantitative estimate of drug-likeness (QED) is 0.830. The Bertz CT molecular complexity index is 584. The van der Waals surface area contributed by atoms with Crippen LogP contribution in [-0.2, 0) is 6.42 Å². The van der Waals surface area contributed by atoms with Gasteiger partial charge < -0.3 is 10.1 Å². The van der Waals surface area contributed by atoms with E-state index in [1.807, 2.05) is 31.2 Å². The number of anilines is 1. The van der Waals surface area contributed by atoms with Crippen molar-refractivity contribution in [3.8, 4) is 5.88 Å². The van der Waals surface area contributed by atoms with Crippen LogP contribution in [0.25, 0.3) is 0 Å². The molecule has 0 aliphatic rings. The molecule has 0 saturated carbocycles. The number of nitrogens with one attached hydrogen (secondary N) is 1. The minimum atomic E-state index is 0.179. The van der Waals surface area contributed by atoms with Crippen molar-refractivity contribution in [2.24, 2.45) is 5.92 Å². The first-order valence-corrected chi connectivity index (χ1v) is 7.90. The molecule has 0 spiro atoms. The van der Waals surface area contributed by atoms with Gasteiger partial charge in [-0.15, -0.1) is 0 Å². The fourth-order valence-corrected chi connectivity index (χ4v) is 2.08. The minimum Gasteiger partial charge on any atom is -0.477 e. The highest BCUT2D eigenvalue weighted by atomic mass is 16.5. The van der Waals surface area contributed by atoms with Gasteiger partial charge in [0.05, 0.1) is 6.61 Å². The third kappa shape index (κ3) is 4.72. The fraction of sp³-hybridized carbons (Fsp3) is 0.444. The number of nitrogens with zero attached hydrogens (tertiary/aromatic N) is 2. The highest BCUT2D eigenvalue weighted by molar-refractivity contribution is 5.41. The molecule has 22 heavy (non-hydrogen) atoms. The second kappa shape index (κ2) is 7.78. The van der Waals surface area contributed by atoms with E-state index in [9.17, 15) is 0 Å². The molecule has 118 valence electrons. The van der Waals surface area contributed by atoms with Crippen molar-refractivity contribution in [3.63, 3.8) is 0 Å². The molecule has 1 aromatic heterocycles. The molecule has 1 unspecified atom stereocenters. The maximum Gasteiger partial charge on any atom is 0.218 e. The van der Waals surface area contributed by atoms with Crippen molar-refractivity contribution < 1.29 is 4.74 Å². The third-order valence-corrected chi connectivity index (χ3v) is 3.29. The second-order valence-electron chi connectivity index (χ2n) is 5.84. The van der Waals surface area contributed by atoms with Crippen LogP contribution < -0.4 is 10.1 Å². The molecule has 0 fully saturated rings. The maximum absolute atomic E-state index is 5.75. The number of hydrogen-bond donors (Lipinski definition) is 1. The summed E-state index contributed by atoms with van der Waals surface area (Å²) in [6.45, 7) is 9.08. The number of ether oxygens (including phenoxy) is 1. The van der Waals surface area contributed by atoms with E-state index in [0.717, 1.165) is 18.1 Å². The van der Waals surface area contributed by atoms with Crippen LogP contribution in [0.1, 0.15) is 45.1 Å². The lowest BCUT2D eigenvalue weighted by Gasteiger charge is -2.16. The fourth-order valence-electron chi connectivity index (χ4n) is 2.08. The minimum absolute atomic E-state index is 0.179. The van der Waals surface area contributed by atoms with Gasteiger partial charge in [-0.3, -0.25) is 0 Å². The van der Waals surface area contributed by atoms with Gasteiger partial charge in [-0.05, 0) is 18.4 Å². The van der Waals surface area contributed by atoms with Gasteiger partial charge in [0.15, 0.2) is 0 Å². The van der Waals surface area contributed by atoms with Crippen molar-refractivity contribution in [2.45, 2.75) is 40.2 Å². The molecule has 2 rings (SSSR count). The first kappa shape index (κ1) is 16.3. The van der Waals surface area contributed by atoms with Crippen LogP contribution in [0.3, 0.4) is 0 Å². The van der Waals surface area contributed by atoms with Gasteiger partial charge in [-0.1, -0.05) is 51.1 Å². The smallest absolute Gasteiger partial charge is 0.218 e. The van der Waals surface area contributed by atoms with E-state index in [0.29, 0.717) is 18.4 Å². The largest absolute Gasteiger partial charge is 0.477 e. The lowest BCUT2D eigenvalue weighted by atomic mass is 10.1. The Morgan fingerprint density at radius 3 is 2.45 bits per heavy atom. The van der Waals surface area contributed by atoms with E-state index in [1.54, 1.807) is 0 Å². The summed E-state index contributed by atoms with van der Waals surface area (Å²) in [5.41, 5.74) is 1.23. The third-order valence-electron chi connectivity index (χ3n) is 3.29. The zero-order chi connectivity index (χ0) is 15.9. The summed E-state index contributed by atoms with van der Waals surface area (Å²) in [6.07, 6.45) is 0.785. The van der Waals surface area contributed by atoms with Crippen LogP contribution in [0.2, 0.25) is 0 Å². The SMILES string of the molecule is CCc1nc(NC(C)c2ccccc2)cc(OCC(C)C)n1. The summed E-state index contributed by atoms with van der Waals surface area (Å²) in [4.78, 5) is 8.97. The van der Waals surface area contributed by atoms with Gasteiger partial charge in [0.1, 0.15) is 11.6 Å². The summed E-state index contributed by atoms with van der Waals surface area (Å²) in [6, 6.07) is 12.4. The van der Waals surface area contributed by atoms with Gasteiger partial charge >= 0.3 is 0 Å². The predicted molar refractivity (Wildman–Crippen MR) is 90.2 cm³/mol. The normalized spacial score (nSPS) is 12.2. The molecule has 1 N–H and O–H groups in total. The standard InChI is InChI=1S/C18H25N3O/c1-5-16-20-17(11-18(21-16)22-12-13(2)3)19-14(4)15-9-7-6-8-10-15/h6-11,13-14H,5,12H2,1-4H3,(H,19,20,21). The second-order valence-corrected chi connectivity index (χ2v) is 5.84. The Hall–Kier alpha value is -2.10. The molecular weight excluding hydrogens is 274 g/mol. The molecule has 0 aliphatic carbocycles. The molecule has 0 aliphatic heterocycles. The predicted octanol–water partition coefficient (Wildman–Crippen LogP) is 4.25. The van der Waals surface area contributed by atoms with Crippen molar-refractivity contribution in [1.29, 1.82) is 0 Å². The van der Waals surface area contributed by atoms with E-state index in [4.69, 9.17) is 4.74 Å².